The summed E-state index contributed by atoms with van der Waals surface area (Å²) in [6.45, 7) is 0. The number of esters is 1. The molecule has 0 heterocycles. The quantitative estimate of drug-likeness (QED) is 0.326. The van der Waals surface area contributed by atoms with Gasteiger partial charge in [-0.15, -0.1) is 0 Å². The molecule has 2 aromatic rings. The van der Waals surface area contributed by atoms with E-state index in [9.17, 15) is 4.79 Å². The van der Waals surface area contributed by atoms with Crippen molar-refractivity contribution in [3.63, 3.8) is 0 Å². The Labute approximate surface area is 187 Å². The van der Waals surface area contributed by atoms with E-state index in [0.717, 1.165) is 17.3 Å². The van der Waals surface area contributed by atoms with E-state index >= 15 is 0 Å². The Hall–Kier alpha value is -1.91. The number of fused-ring (bicyclic) bond motifs is 2. The summed E-state index contributed by atoms with van der Waals surface area (Å²) in [6, 6.07) is 11.0. The molecule has 2 atom stereocenters. The summed E-state index contributed by atoms with van der Waals surface area (Å²) in [4.78, 5) is 11.7. The Kier molecular flexibility index (Phi) is 4.87. The van der Waals surface area contributed by atoms with Crippen molar-refractivity contribution in [2.45, 2.75) is 30.0 Å². The van der Waals surface area contributed by atoms with Crippen LogP contribution in [0.25, 0.3) is 16.3 Å². The molecule has 4 heteroatoms. The molecule has 2 aromatic carbocycles. The maximum Gasteiger partial charge on any atom is 0.305 e. The molecule has 29 heavy (non-hydrogen) atoms. The molecule has 0 spiro atoms. The highest BCUT2D eigenvalue weighted by Crippen LogP contribution is 2.53. The molecule has 0 radical (unpaired) electrons. The lowest BCUT2D eigenvalue weighted by molar-refractivity contribution is -0.140. The third-order valence-corrected chi connectivity index (χ3v) is 7.59. The van der Waals surface area contributed by atoms with Crippen molar-refractivity contribution < 1.29 is 9.53 Å². The van der Waals surface area contributed by atoms with E-state index in [1.165, 1.54) is 51.3 Å². The van der Waals surface area contributed by atoms with E-state index in [1.54, 1.807) is 0 Å². The summed E-state index contributed by atoms with van der Waals surface area (Å²) >= 11 is 7.62. The fourth-order valence-corrected chi connectivity index (χ4v) is 6.02. The summed E-state index contributed by atoms with van der Waals surface area (Å²) in [5, 5.41) is 2.62. The zero-order valence-corrected chi connectivity index (χ0v) is 19.2. The van der Waals surface area contributed by atoms with Gasteiger partial charge < -0.3 is 4.74 Å². The van der Waals surface area contributed by atoms with Crippen LogP contribution in [0.1, 0.15) is 36.3 Å². The Morgan fingerprint density at radius 2 is 1.97 bits per heavy atom. The van der Waals surface area contributed by atoms with Crippen molar-refractivity contribution in [2.75, 3.05) is 7.11 Å². The summed E-state index contributed by atoms with van der Waals surface area (Å²) in [5.41, 5.74) is 8.10. The zero-order valence-electron chi connectivity index (χ0n) is 16.0. The van der Waals surface area contributed by atoms with Gasteiger partial charge in [-0.05, 0) is 63.1 Å². The lowest BCUT2D eigenvalue weighted by atomic mass is 9.68. The first-order chi connectivity index (χ1) is 14.1. The number of methoxy groups -OCH3 is 1. The summed E-state index contributed by atoms with van der Waals surface area (Å²) < 4.78 is 5.94. The van der Waals surface area contributed by atoms with Crippen molar-refractivity contribution in [3.05, 3.63) is 87.0 Å². The van der Waals surface area contributed by atoms with Crippen LogP contribution >= 0.6 is 31.9 Å². The Balaban J connectivity index is 1.66. The molecule has 146 valence electrons. The molecule has 3 aliphatic carbocycles. The highest BCUT2D eigenvalue weighted by atomic mass is 79.9. The summed E-state index contributed by atoms with van der Waals surface area (Å²) in [6.07, 6.45) is 11.2. The second-order valence-electron chi connectivity index (χ2n) is 7.66. The van der Waals surface area contributed by atoms with Crippen LogP contribution in [0.4, 0.5) is 0 Å². The van der Waals surface area contributed by atoms with E-state index < -0.39 is 0 Å². The first-order valence-corrected chi connectivity index (χ1v) is 11.6. The molecule has 0 saturated heterocycles. The number of carbonyl (C=O) groups excluding carboxylic acids is 1. The van der Waals surface area contributed by atoms with Gasteiger partial charge in [-0.25, -0.2) is 0 Å². The SMILES string of the molecule is COC(=O)CCCC1=C2C3=C(C=CC2Br)c2cccc4c(Br)ccc(c24)C3C=C1. The predicted molar refractivity (Wildman–Crippen MR) is 125 cm³/mol. The fourth-order valence-electron chi connectivity index (χ4n) is 4.86. The van der Waals surface area contributed by atoms with Gasteiger partial charge in [-0.2, -0.15) is 0 Å². The number of alkyl halides is 1. The van der Waals surface area contributed by atoms with Crippen LogP contribution in [0.5, 0.6) is 0 Å². The maximum absolute atomic E-state index is 11.5. The lowest BCUT2D eigenvalue weighted by Gasteiger charge is -2.37. The molecule has 0 aliphatic heterocycles. The summed E-state index contributed by atoms with van der Waals surface area (Å²) in [7, 11) is 1.45. The smallest absolute Gasteiger partial charge is 0.305 e. The average Bonchev–Trinajstić information content (AvgIpc) is 2.74. The van der Waals surface area contributed by atoms with Gasteiger partial charge in [-0.3, -0.25) is 4.79 Å². The molecule has 0 bridgehead atoms. The Bertz CT molecular complexity index is 1170. The lowest BCUT2D eigenvalue weighted by Crippen LogP contribution is -2.21. The Morgan fingerprint density at radius 3 is 2.79 bits per heavy atom. The first-order valence-electron chi connectivity index (χ1n) is 9.86. The topological polar surface area (TPSA) is 26.3 Å². The zero-order chi connectivity index (χ0) is 20.1. The minimum Gasteiger partial charge on any atom is -0.469 e. The van der Waals surface area contributed by atoms with Gasteiger partial charge in [0.25, 0.3) is 0 Å². The molecular weight excluding hydrogens is 492 g/mol. The second-order valence-corrected chi connectivity index (χ2v) is 9.50. The summed E-state index contributed by atoms with van der Waals surface area (Å²) in [5.74, 6) is 0.121. The van der Waals surface area contributed by atoms with Gasteiger partial charge >= 0.3 is 5.97 Å². The van der Waals surface area contributed by atoms with Crippen LogP contribution in [0, 0.1) is 0 Å². The van der Waals surface area contributed by atoms with Crippen LogP contribution < -0.4 is 0 Å². The molecule has 3 aliphatic rings. The van der Waals surface area contributed by atoms with Crippen LogP contribution in [-0.4, -0.2) is 17.9 Å². The number of hydrogen-bond donors (Lipinski definition) is 0. The molecule has 0 N–H and O–H groups in total. The number of halogens is 2. The first kappa shape index (κ1) is 19.1. The van der Waals surface area contributed by atoms with Gasteiger partial charge in [0.1, 0.15) is 0 Å². The van der Waals surface area contributed by atoms with Crippen molar-refractivity contribution in [3.8, 4) is 0 Å². The maximum atomic E-state index is 11.5. The van der Waals surface area contributed by atoms with E-state index in [2.05, 4.69) is 86.5 Å². The van der Waals surface area contributed by atoms with Crippen molar-refractivity contribution in [2.24, 2.45) is 0 Å². The van der Waals surface area contributed by atoms with Crippen LogP contribution in [0.15, 0.2) is 75.8 Å². The minimum absolute atomic E-state index is 0.143. The van der Waals surface area contributed by atoms with E-state index in [1.807, 2.05) is 0 Å². The standard InChI is InChI=1S/C25H20Br2O2/c1-29-22(28)7-2-4-14-8-9-17-16-10-12-20(26)19-6-3-5-15(24(16)19)18-11-13-21(27)23(14)25(17)18/h3,5-6,8-13,17,21H,2,4,7H2,1H3. The highest BCUT2D eigenvalue weighted by Gasteiger charge is 2.35. The van der Waals surface area contributed by atoms with Gasteiger partial charge in [0.15, 0.2) is 0 Å². The number of hydrogen-bond acceptors (Lipinski definition) is 2. The number of benzene rings is 2. The fraction of sp³-hybridized carbons (Fsp3) is 0.240. The van der Waals surface area contributed by atoms with Crippen molar-refractivity contribution in [1.29, 1.82) is 0 Å². The number of allylic oxidation sites excluding steroid dienone is 8. The number of ether oxygens (including phenoxy) is 1. The molecule has 2 unspecified atom stereocenters. The van der Waals surface area contributed by atoms with Gasteiger partial charge in [0.05, 0.1) is 11.9 Å². The predicted octanol–water partition coefficient (Wildman–Crippen LogP) is 7.00. The van der Waals surface area contributed by atoms with Gasteiger partial charge in [0.2, 0.25) is 0 Å². The second kappa shape index (κ2) is 7.41. The molecular formula is C25H20Br2O2. The van der Waals surface area contributed by atoms with E-state index in [4.69, 9.17) is 4.74 Å². The van der Waals surface area contributed by atoms with Gasteiger partial charge in [-0.1, -0.05) is 80.4 Å². The monoisotopic (exact) mass is 510 g/mol. The third-order valence-electron chi connectivity index (χ3n) is 6.13. The number of carbonyl (C=O) groups is 1. The molecule has 0 aromatic heterocycles. The van der Waals surface area contributed by atoms with Crippen molar-refractivity contribution in [1.82, 2.24) is 0 Å². The van der Waals surface area contributed by atoms with E-state index in [-0.39, 0.29) is 16.7 Å². The molecule has 2 nitrogen and oxygen atoms in total. The third kappa shape index (κ3) is 3.00. The molecule has 5 rings (SSSR count). The molecule has 0 amide bonds. The largest absolute Gasteiger partial charge is 0.469 e. The van der Waals surface area contributed by atoms with Gasteiger partial charge in [0, 0.05) is 16.8 Å². The average molecular weight is 512 g/mol. The van der Waals surface area contributed by atoms with Crippen LogP contribution in [0.2, 0.25) is 0 Å². The highest BCUT2D eigenvalue weighted by molar-refractivity contribution is 9.10. The molecule has 0 saturated carbocycles. The Morgan fingerprint density at radius 1 is 1.10 bits per heavy atom. The van der Waals surface area contributed by atoms with Crippen LogP contribution in [0.3, 0.4) is 0 Å². The molecule has 0 fully saturated rings. The minimum atomic E-state index is -0.143. The van der Waals surface area contributed by atoms with Crippen molar-refractivity contribution >= 4 is 54.2 Å². The normalized spacial score (nSPS) is 21.6. The van der Waals surface area contributed by atoms with Crippen LogP contribution in [-0.2, 0) is 9.53 Å². The van der Waals surface area contributed by atoms with E-state index in [0.29, 0.717) is 6.42 Å². The number of rotatable bonds is 4.